The van der Waals surface area contributed by atoms with Crippen molar-refractivity contribution in [1.29, 1.82) is 0 Å². The van der Waals surface area contributed by atoms with E-state index in [-0.39, 0.29) is 6.04 Å². The van der Waals surface area contributed by atoms with Crippen molar-refractivity contribution in [3.63, 3.8) is 0 Å². The van der Waals surface area contributed by atoms with E-state index in [1.165, 1.54) is 20.8 Å². The summed E-state index contributed by atoms with van der Waals surface area (Å²) >= 11 is 0. The van der Waals surface area contributed by atoms with E-state index in [1.54, 1.807) is 0 Å². The lowest BCUT2D eigenvalue weighted by molar-refractivity contribution is -0.147. The Morgan fingerprint density at radius 2 is 1.31 bits per heavy atom. The van der Waals surface area contributed by atoms with Crippen LogP contribution in [0.5, 0.6) is 0 Å². The SMILES string of the molecule is CCN(CC)C(=NCCC[Si](OC(C)=O)(OC(C)=O)OC(C)=O)N(C)C. The van der Waals surface area contributed by atoms with Gasteiger partial charge in [0.2, 0.25) is 0 Å². The predicted molar refractivity (Wildman–Crippen MR) is 99.4 cm³/mol. The average molecular weight is 390 g/mol. The minimum Gasteiger partial charge on any atom is -0.455 e. The van der Waals surface area contributed by atoms with Crippen LogP contribution in [0.2, 0.25) is 6.04 Å². The molecule has 0 aromatic carbocycles. The van der Waals surface area contributed by atoms with E-state index in [9.17, 15) is 14.4 Å². The van der Waals surface area contributed by atoms with Crippen molar-refractivity contribution in [3.05, 3.63) is 0 Å². The first-order valence-electron chi connectivity index (χ1n) is 8.62. The molecular formula is C16H31N3O6Si. The molecule has 9 nitrogen and oxygen atoms in total. The van der Waals surface area contributed by atoms with Crippen molar-refractivity contribution >= 4 is 32.7 Å². The number of nitrogens with zero attached hydrogens (tertiary/aromatic N) is 3. The molecule has 10 heteroatoms. The number of rotatable bonds is 9. The summed E-state index contributed by atoms with van der Waals surface area (Å²) in [6.45, 7) is 9.67. The summed E-state index contributed by atoms with van der Waals surface area (Å²) in [7, 11) is 0.0462. The summed E-state index contributed by atoms with van der Waals surface area (Å²) < 4.78 is 15.4. The molecule has 150 valence electrons. The highest BCUT2D eigenvalue weighted by molar-refractivity contribution is 6.65. The fourth-order valence-corrected chi connectivity index (χ4v) is 4.71. The van der Waals surface area contributed by atoms with Gasteiger partial charge in [-0.2, -0.15) is 0 Å². The molecule has 0 aromatic rings. The molecule has 0 spiro atoms. The van der Waals surface area contributed by atoms with E-state index in [4.69, 9.17) is 13.3 Å². The summed E-state index contributed by atoms with van der Waals surface area (Å²) in [5.41, 5.74) is 0. The zero-order valence-corrected chi connectivity index (χ0v) is 17.8. The number of guanidine groups is 1. The second kappa shape index (κ2) is 11.5. The van der Waals surface area contributed by atoms with Crippen LogP contribution in [0.3, 0.4) is 0 Å². The molecule has 0 rings (SSSR count). The van der Waals surface area contributed by atoms with E-state index >= 15 is 0 Å². The maximum Gasteiger partial charge on any atom is 0.705 e. The molecule has 0 aliphatic rings. The largest absolute Gasteiger partial charge is 0.705 e. The van der Waals surface area contributed by atoms with Crippen LogP contribution >= 0.6 is 0 Å². The molecule has 0 bridgehead atoms. The molecule has 0 aliphatic carbocycles. The van der Waals surface area contributed by atoms with Crippen molar-refractivity contribution in [2.45, 2.75) is 47.1 Å². The summed E-state index contributed by atoms with van der Waals surface area (Å²) in [6, 6.07) is 0.119. The third kappa shape index (κ3) is 8.84. The van der Waals surface area contributed by atoms with Crippen molar-refractivity contribution in [3.8, 4) is 0 Å². The monoisotopic (exact) mass is 389 g/mol. The van der Waals surface area contributed by atoms with Gasteiger partial charge in [0, 0.05) is 54.5 Å². The van der Waals surface area contributed by atoms with Crippen LogP contribution in [-0.4, -0.2) is 76.2 Å². The molecule has 0 fully saturated rings. The Bertz CT molecular complexity index is 479. The molecule has 0 aliphatic heterocycles. The molecule has 0 unspecified atom stereocenters. The quantitative estimate of drug-likeness (QED) is 0.252. The van der Waals surface area contributed by atoms with Gasteiger partial charge in [-0.05, 0) is 20.3 Å². The molecule has 0 atom stereocenters. The fraction of sp³-hybridized carbons (Fsp3) is 0.750. The van der Waals surface area contributed by atoms with E-state index in [0.29, 0.717) is 13.0 Å². The second-order valence-corrected chi connectivity index (χ2v) is 8.29. The lowest BCUT2D eigenvalue weighted by atomic mass is 10.5. The standard InChI is InChI=1S/C16H31N3O6Si/c1-8-19(9-2)16(18(6)7)17-11-10-12-26(23-13(3)20,24-14(4)21)25-15(5)22/h8-12H2,1-7H3. The molecular weight excluding hydrogens is 358 g/mol. The Labute approximate surface area is 156 Å². The lowest BCUT2D eigenvalue weighted by Gasteiger charge is -2.28. The summed E-state index contributed by atoms with van der Waals surface area (Å²) in [4.78, 5) is 42.8. The van der Waals surface area contributed by atoms with Gasteiger partial charge in [-0.25, -0.2) is 0 Å². The van der Waals surface area contributed by atoms with Crippen LogP contribution in [0.15, 0.2) is 4.99 Å². The van der Waals surface area contributed by atoms with Crippen LogP contribution in [0.25, 0.3) is 0 Å². The predicted octanol–water partition coefficient (Wildman–Crippen LogP) is 1.26. The Kier molecular flexibility index (Phi) is 10.6. The number of carbonyl (C=O) groups excluding carboxylic acids is 3. The highest BCUT2D eigenvalue weighted by atomic mass is 28.4. The highest BCUT2D eigenvalue weighted by Gasteiger charge is 2.51. The van der Waals surface area contributed by atoms with Crippen molar-refractivity contribution < 1.29 is 27.7 Å². The van der Waals surface area contributed by atoms with Crippen LogP contribution in [0.1, 0.15) is 41.0 Å². The molecule has 0 radical (unpaired) electrons. The first kappa shape index (κ1) is 23.9. The minimum atomic E-state index is -3.77. The summed E-state index contributed by atoms with van der Waals surface area (Å²) in [5, 5.41) is 0. The molecule has 0 saturated carbocycles. The van der Waals surface area contributed by atoms with Crippen LogP contribution < -0.4 is 0 Å². The van der Waals surface area contributed by atoms with Gasteiger partial charge in [0.15, 0.2) is 5.96 Å². The smallest absolute Gasteiger partial charge is 0.455 e. The topological polar surface area (TPSA) is 97.7 Å². The number of carbonyl (C=O) groups is 3. The van der Waals surface area contributed by atoms with Gasteiger partial charge in [-0.3, -0.25) is 19.4 Å². The maximum atomic E-state index is 11.4. The molecule has 0 N–H and O–H groups in total. The lowest BCUT2D eigenvalue weighted by Crippen LogP contribution is -2.49. The van der Waals surface area contributed by atoms with E-state index in [1.807, 2.05) is 32.8 Å². The van der Waals surface area contributed by atoms with Crippen molar-refractivity contribution in [2.24, 2.45) is 4.99 Å². The minimum absolute atomic E-state index is 0.119. The Morgan fingerprint density at radius 1 is 0.885 bits per heavy atom. The summed E-state index contributed by atoms with van der Waals surface area (Å²) in [6.07, 6.45) is 0.429. The van der Waals surface area contributed by atoms with Gasteiger partial charge in [-0.1, -0.05) is 0 Å². The van der Waals surface area contributed by atoms with Gasteiger partial charge in [0.25, 0.3) is 17.9 Å². The van der Waals surface area contributed by atoms with E-state index in [2.05, 4.69) is 9.89 Å². The van der Waals surface area contributed by atoms with E-state index < -0.39 is 26.7 Å². The Balaban J connectivity index is 5.22. The average Bonchev–Trinajstić information content (AvgIpc) is 2.47. The van der Waals surface area contributed by atoms with Gasteiger partial charge >= 0.3 is 8.80 Å². The highest BCUT2D eigenvalue weighted by Crippen LogP contribution is 2.19. The number of hydrogen-bond acceptors (Lipinski definition) is 7. The van der Waals surface area contributed by atoms with Crippen LogP contribution in [0.4, 0.5) is 0 Å². The fourth-order valence-electron chi connectivity index (χ4n) is 2.38. The maximum absolute atomic E-state index is 11.4. The zero-order valence-electron chi connectivity index (χ0n) is 16.8. The second-order valence-electron chi connectivity index (χ2n) is 5.82. The van der Waals surface area contributed by atoms with Gasteiger partial charge in [0.1, 0.15) is 0 Å². The first-order chi connectivity index (χ1) is 12.1. The Morgan fingerprint density at radius 3 is 1.62 bits per heavy atom. The van der Waals surface area contributed by atoms with Gasteiger partial charge in [-0.15, -0.1) is 0 Å². The third-order valence-electron chi connectivity index (χ3n) is 3.24. The molecule has 26 heavy (non-hydrogen) atoms. The number of hydrogen-bond donors (Lipinski definition) is 0. The van der Waals surface area contributed by atoms with Crippen LogP contribution in [-0.2, 0) is 27.7 Å². The summed E-state index contributed by atoms with van der Waals surface area (Å²) in [5.74, 6) is -1.17. The first-order valence-corrected chi connectivity index (χ1v) is 10.6. The molecule has 0 saturated heterocycles. The zero-order chi connectivity index (χ0) is 20.3. The molecule has 0 amide bonds. The van der Waals surface area contributed by atoms with E-state index in [0.717, 1.165) is 19.0 Å². The van der Waals surface area contributed by atoms with Crippen LogP contribution in [0, 0.1) is 0 Å². The molecule has 0 aromatic heterocycles. The third-order valence-corrected chi connectivity index (χ3v) is 6.00. The Hall–Kier alpha value is -2.10. The van der Waals surface area contributed by atoms with Gasteiger partial charge < -0.3 is 23.1 Å². The van der Waals surface area contributed by atoms with Crippen molar-refractivity contribution in [1.82, 2.24) is 9.80 Å². The van der Waals surface area contributed by atoms with Gasteiger partial charge in [0.05, 0.1) is 6.04 Å². The normalized spacial score (nSPS) is 11.6. The van der Waals surface area contributed by atoms with Crippen molar-refractivity contribution in [2.75, 3.05) is 33.7 Å². The number of aliphatic imine (C=N–C) groups is 1. The molecule has 0 heterocycles.